The first kappa shape index (κ1) is 12.6. The number of hydrogen-bond acceptors (Lipinski definition) is 2. The highest BCUT2D eigenvalue weighted by molar-refractivity contribution is 5.46. The Morgan fingerprint density at radius 1 is 1.33 bits per heavy atom. The van der Waals surface area contributed by atoms with E-state index in [4.69, 9.17) is 5.11 Å². The minimum atomic E-state index is -4.47. The molecule has 3 nitrogen and oxygen atoms in total. The number of alkyl halides is 3. The summed E-state index contributed by atoms with van der Waals surface area (Å²) in [6, 6.07) is 3.75. The van der Waals surface area contributed by atoms with Crippen molar-refractivity contribution in [2.45, 2.75) is 19.7 Å². The van der Waals surface area contributed by atoms with Crippen LogP contribution in [0.1, 0.15) is 17.0 Å². The van der Waals surface area contributed by atoms with Crippen LogP contribution in [0.5, 0.6) is 0 Å². The molecule has 96 valence electrons. The molecule has 6 heteroatoms. The van der Waals surface area contributed by atoms with Crippen LogP contribution in [0, 0.1) is 6.92 Å². The summed E-state index contributed by atoms with van der Waals surface area (Å²) in [4.78, 5) is 3.90. The van der Waals surface area contributed by atoms with E-state index in [2.05, 4.69) is 4.98 Å². The van der Waals surface area contributed by atoms with Crippen molar-refractivity contribution in [2.75, 3.05) is 0 Å². The summed E-state index contributed by atoms with van der Waals surface area (Å²) in [5, 5.41) is 8.92. The van der Waals surface area contributed by atoms with Crippen LogP contribution in [-0.4, -0.2) is 14.7 Å². The second kappa shape index (κ2) is 4.45. The second-order valence-electron chi connectivity index (χ2n) is 3.85. The molecule has 1 aromatic heterocycles. The minimum absolute atomic E-state index is 0.00898. The molecule has 1 aromatic carbocycles. The SMILES string of the molecule is Cc1nccn1-c1ccc(CO)cc1C(F)(F)F. The van der Waals surface area contributed by atoms with Crippen LogP contribution in [-0.2, 0) is 12.8 Å². The highest BCUT2D eigenvalue weighted by Gasteiger charge is 2.34. The highest BCUT2D eigenvalue weighted by atomic mass is 19.4. The van der Waals surface area contributed by atoms with Crippen molar-refractivity contribution in [3.8, 4) is 5.69 Å². The molecule has 2 rings (SSSR count). The molecule has 0 aliphatic carbocycles. The number of aryl methyl sites for hydroxylation is 1. The average Bonchev–Trinajstić information content (AvgIpc) is 2.73. The summed E-state index contributed by atoms with van der Waals surface area (Å²) in [7, 11) is 0. The lowest BCUT2D eigenvalue weighted by atomic mass is 10.1. The summed E-state index contributed by atoms with van der Waals surface area (Å²) in [6.07, 6.45) is -1.56. The minimum Gasteiger partial charge on any atom is -0.392 e. The van der Waals surface area contributed by atoms with Crippen LogP contribution in [0.25, 0.3) is 5.69 Å². The quantitative estimate of drug-likeness (QED) is 0.897. The first-order valence-electron chi connectivity index (χ1n) is 5.25. The molecule has 0 aliphatic heterocycles. The zero-order valence-corrected chi connectivity index (χ0v) is 9.57. The van der Waals surface area contributed by atoms with Gasteiger partial charge in [0.2, 0.25) is 0 Å². The first-order valence-corrected chi connectivity index (χ1v) is 5.25. The van der Waals surface area contributed by atoms with Gasteiger partial charge in [0.05, 0.1) is 17.9 Å². The van der Waals surface area contributed by atoms with E-state index in [9.17, 15) is 13.2 Å². The van der Waals surface area contributed by atoms with Gasteiger partial charge in [-0.2, -0.15) is 13.2 Å². The first-order chi connectivity index (χ1) is 8.43. The summed E-state index contributed by atoms with van der Waals surface area (Å²) in [6.45, 7) is 1.20. The van der Waals surface area contributed by atoms with Crippen molar-refractivity contribution >= 4 is 0 Å². The van der Waals surface area contributed by atoms with E-state index in [1.807, 2.05) is 0 Å². The van der Waals surface area contributed by atoms with Crippen LogP contribution in [0.4, 0.5) is 13.2 Å². The molecule has 0 saturated heterocycles. The van der Waals surface area contributed by atoms with Crippen molar-refractivity contribution < 1.29 is 18.3 Å². The molecule has 0 radical (unpaired) electrons. The number of aliphatic hydroxyl groups is 1. The molecule has 0 unspecified atom stereocenters. The molecule has 0 spiro atoms. The van der Waals surface area contributed by atoms with Gasteiger partial charge < -0.3 is 9.67 Å². The van der Waals surface area contributed by atoms with E-state index in [0.29, 0.717) is 5.82 Å². The molecule has 2 aromatic rings. The van der Waals surface area contributed by atoms with Gasteiger partial charge in [-0.3, -0.25) is 0 Å². The van der Waals surface area contributed by atoms with Gasteiger partial charge in [0.25, 0.3) is 0 Å². The number of aromatic nitrogens is 2. The summed E-state index contributed by atoms with van der Waals surface area (Å²) < 4.78 is 40.3. The lowest BCUT2D eigenvalue weighted by molar-refractivity contribution is -0.137. The molecule has 1 heterocycles. The van der Waals surface area contributed by atoms with Gasteiger partial charge in [-0.25, -0.2) is 4.98 Å². The van der Waals surface area contributed by atoms with Crippen LogP contribution >= 0.6 is 0 Å². The lowest BCUT2D eigenvalue weighted by Crippen LogP contribution is -2.12. The van der Waals surface area contributed by atoms with Gasteiger partial charge in [-0.15, -0.1) is 0 Å². The predicted molar refractivity (Wildman–Crippen MR) is 59.2 cm³/mol. The monoisotopic (exact) mass is 256 g/mol. The van der Waals surface area contributed by atoms with E-state index in [0.717, 1.165) is 6.07 Å². The van der Waals surface area contributed by atoms with Gasteiger partial charge >= 0.3 is 6.18 Å². The zero-order chi connectivity index (χ0) is 13.3. The molecule has 0 saturated carbocycles. The molecule has 0 atom stereocenters. The van der Waals surface area contributed by atoms with E-state index in [-0.39, 0.29) is 11.3 Å². The second-order valence-corrected chi connectivity index (χ2v) is 3.85. The Morgan fingerprint density at radius 3 is 2.56 bits per heavy atom. The van der Waals surface area contributed by atoms with Crippen molar-refractivity contribution in [1.82, 2.24) is 9.55 Å². The van der Waals surface area contributed by atoms with Crippen molar-refractivity contribution in [3.05, 3.63) is 47.5 Å². The van der Waals surface area contributed by atoms with Crippen molar-refractivity contribution in [3.63, 3.8) is 0 Å². The maximum atomic E-state index is 13.0. The third-order valence-electron chi connectivity index (χ3n) is 2.63. The highest BCUT2D eigenvalue weighted by Crippen LogP contribution is 2.34. The van der Waals surface area contributed by atoms with E-state index in [1.165, 1.54) is 29.1 Å². The lowest BCUT2D eigenvalue weighted by Gasteiger charge is -2.15. The smallest absolute Gasteiger partial charge is 0.392 e. The average molecular weight is 256 g/mol. The molecule has 0 fully saturated rings. The third kappa shape index (κ3) is 2.24. The van der Waals surface area contributed by atoms with Gasteiger partial charge in [0.15, 0.2) is 0 Å². The fraction of sp³-hybridized carbons (Fsp3) is 0.250. The maximum absolute atomic E-state index is 13.0. The van der Waals surface area contributed by atoms with Crippen LogP contribution in [0.2, 0.25) is 0 Å². The molecule has 1 N–H and O–H groups in total. The standard InChI is InChI=1S/C12H11F3N2O/c1-8-16-4-5-17(8)11-3-2-9(7-18)6-10(11)12(13,14)15/h2-6,18H,7H2,1H3. The number of aliphatic hydroxyl groups excluding tert-OH is 1. The van der Waals surface area contributed by atoms with E-state index in [1.54, 1.807) is 6.92 Å². The Bertz CT molecular complexity index is 561. The number of rotatable bonds is 2. The van der Waals surface area contributed by atoms with Crippen LogP contribution in [0.3, 0.4) is 0 Å². The molecule has 18 heavy (non-hydrogen) atoms. The molecular formula is C12H11F3N2O. The fourth-order valence-electron chi connectivity index (χ4n) is 1.75. The van der Waals surface area contributed by atoms with Gasteiger partial charge in [-0.05, 0) is 24.6 Å². The van der Waals surface area contributed by atoms with Crippen molar-refractivity contribution in [1.29, 1.82) is 0 Å². The maximum Gasteiger partial charge on any atom is 0.418 e. The Balaban J connectivity index is 2.64. The zero-order valence-electron chi connectivity index (χ0n) is 9.57. The van der Waals surface area contributed by atoms with Crippen molar-refractivity contribution in [2.24, 2.45) is 0 Å². The normalized spacial score (nSPS) is 11.8. The topological polar surface area (TPSA) is 38.0 Å². The number of halogens is 3. The number of benzene rings is 1. The Morgan fingerprint density at radius 2 is 2.06 bits per heavy atom. The largest absolute Gasteiger partial charge is 0.418 e. The van der Waals surface area contributed by atoms with Gasteiger partial charge in [0.1, 0.15) is 5.82 Å². The molecule has 0 bridgehead atoms. The Labute approximate surface area is 102 Å². The summed E-state index contributed by atoms with van der Waals surface area (Å²) in [5.74, 6) is 0.470. The van der Waals surface area contributed by atoms with Gasteiger partial charge in [0, 0.05) is 12.4 Å². The van der Waals surface area contributed by atoms with Crippen LogP contribution in [0.15, 0.2) is 30.6 Å². The fourth-order valence-corrected chi connectivity index (χ4v) is 1.75. The van der Waals surface area contributed by atoms with E-state index >= 15 is 0 Å². The van der Waals surface area contributed by atoms with Gasteiger partial charge in [-0.1, -0.05) is 6.07 Å². The molecule has 0 aliphatic rings. The summed E-state index contributed by atoms with van der Waals surface area (Å²) >= 11 is 0. The number of imidazole rings is 1. The Hall–Kier alpha value is -1.82. The predicted octanol–water partition coefficient (Wildman–Crippen LogP) is 2.69. The molecular weight excluding hydrogens is 245 g/mol. The number of nitrogens with zero attached hydrogens (tertiary/aromatic N) is 2. The van der Waals surface area contributed by atoms with E-state index < -0.39 is 18.3 Å². The number of hydrogen-bond donors (Lipinski definition) is 1. The Kier molecular flexibility index (Phi) is 3.13. The van der Waals surface area contributed by atoms with Crippen LogP contribution < -0.4 is 0 Å². The molecule has 0 amide bonds. The third-order valence-corrected chi connectivity index (χ3v) is 2.63. The summed E-state index contributed by atoms with van der Waals surface area (Å²) in [5.41, 5.74) is -0.548.